The van der Waals surface area contributed by atoms with Crippen molar-refractivity contribution in [2.45, 2.75) is 52.0 Å². The first-order valence-corrected chi connectivity index (χ1v) is 9.49. The van der Waals surface area contributed by atoms with E-state index >= 15 is 0 Å². The monoisotopic (exact) mass is 367 g/mol. The van der Waals surface area contributed by atoms with Crippen molar-refractivity contribution < 1.29 is 23.9 Å². The molecule has 6 nitrogen and oxygen atoms in total. The zero-order chi connectivity index (χ0) is 18.4. The molecule has 1 heterocycles. The molecule has 1 aromatic rings. The maximum Gasteiger partial charge on any atom is 0.339 e. The van der Waals surface area contributed by atoms with E-state index < -0.39 is 30.5 Å². The topological polar surface area (TPSA) is 81.7 Å². The van der Waals surface area contributed by atoms with Crippen molar-refractivity contribution in [2.75, 3.05) is 13.7 Å². The predicted octanol–water partition coefficient (Wildman–Crippen LogP) is 2.49. The number of carbonyl (C=O) groups excluding carboxylic acids is 3. The highest BCUT2D eigenvalue weighted by molar-refractivity contribution is 7.10. The fourth-order valence-electron chi connectivity index (χ4n) is 2.89. The van der Waals surface area contributed by atoms with Gasteiger partial charge in [0, 0.05) is 10.3 Å². The van der Waals surface area contributed by atoms with E-state index in [1.54, 1.807) is 11.3 Å². The predicted molar refractivity (Wildman–Crippen MR) is 94.6 cm³/mol. The number of hydrogen-bond acceptors (Lipinski definition) is 6. The Hall–Kier alpha value is -1.89. The number of esters is 2. The van der Waals surface area contributed by atoms with E-state index in [0.717, 1.165) is 31.2 Å². The summed E-state index contributed by atoms with van der Waals surface area (Å²) >= 11 is 1.58. The Morgan fingerprint density at radius 1 is 1.28 bits per heavy atom. The summed E-state index contributed by atoms with van der Waals surface area (Å²) in [5.74, 6) is -1.56. The lowest BCUT2D eigenvalue weighted by Gasteiger charge is -2.21. The SMILES string of the molecule is CC[C@H](C)[C@H](NC(=O)COC(=O)c1csc2c1CCCC2)C(=O)OC. The van der Waals surface area contributed by atoms with Gasteiger partial charge in [0.05, 0.1) is 12.7 Å². The van der Waals surface area contributed by atoms with Crippen molar-refractivity contribution in [3.05, 3.63) is 21.4 Å². The van der Waals surface area contributed by atoms with Gasteiger partial charge in [0.1, 0.15) is 6.04 Å². The molecule has 1 amide bonds. The number of nitrogens with one attached hydrogen (secondary N) is 1. The maximum atomic E-state index is 12.3. The van der Waals surface area contributed by atoms with Gasteiger partial charge in [0.2, 0.25) is 0 Å². The Morgan fingerprint density at radius 3 is 2.68 bits per heavy atom. The lowest BCUT2D eigenvalue weighted by molar-refractivity contribution is -0.147. The van der Waals surface area contributed by atoms with Crippen LogP contribution in [0.25, 0.3) is 0 Å². The van der Waals surface area contributed by atoms with E-state index in [-0.39, 0.29) is 5.92 Å². The van der Waals surface area contributed by atoms with Gasteiger partial charge in [-0.3, -0.25) is 4.79 Å². The number of ether oxygens (including phenoxy) is 2. The molecule has 2 rings (SSSR count). The molecule has 1 aliphatic carbocycles. The molecule has 1 aliphatic rings. The Balaban J connectivity index is 1.91. The highest BCUT2D eigenvalue weighted by Crippen LogP contribution is 2.30. The Bertz CT molecular complexity index is 639. The van der Waals surface area contributed by atoms with Crippen LogP contribution in [0.2, 0.25) is 0 Å². The van der Waals surface area contributed by atoms with Gasteiger partial charge in [-0.25, -0.2) is 9.59 Å². The Kier molecular flexibility index (Phi) is 6.99. The minimum Gasteiger partial charge on any atom is -0.467 e. The number of methoxy groups -OCH3 is 1. The summed E-state index contributed by atoms with van der Waals surface area (Å²) in [5, 5.41) is 4.41. The molecule has 25 heavy (non-hydrogen) atoms. The van der Waals surface area contributed by atoms with Gasteiger partial charge < -0.3 is 14.8 Å². The number of hydrogen-bond donors (Lipinski definition) is 1. The number of amides is 1. The van der Waals surface area contributed by atoms with Crippen molar-refractivity contribution >= 4 is 29.2 Å². The highest BCUT2D eigenvalue weighted by atomic mass is 32.1. The molecule has 0 spiro atoms. The van der Waals surface area contributed by atoms with Crippen molar-refractivity contribution in [2.24, 2.45) is 5.92 Å². The van der Waals surface area contributed by atoms with Crippen LogP contribution in [0.3, 0.4) is 0 Å². The molecule has 1 N–H and O–H groups in total. The largest absolute Gasteiger partial charge is 0.467 e. The fraction of sp³-hybridized carbons (Fsp3) is 0.611. The maximum absolute atomic E-state index is 12.3. The van der Waals surface area contributed by atoms with E-state index in [0.29, 0.717) is 12.0 Å². The molecule has 1 aromatic heterocycles. The summed E-state index contributed by atoms with van der Waals surface area (Å²) in [6.07, 6.45) is 4.81. The fourth-order valence-corrected chi connectivity index (χ4v) is 4.00. The van der Waals surface area contributed by atoms with Crippen LogP contribution in [0.15, 0.2) is 5.38 Å². The molecule has 7 heteroatoms. The first kappa shape index (κ1) is 19.4. The molecule has 0 saturated heterocycles. The van der Waals surface area contributed by atoms with E-state index in [2.05, 4.69) is 5.32 Å². The summed E-state index contributed by atoms with van der Waals surface area (Å²) < 4.78 is 9.87. The van der Waals surface area contributed by atoms with Gasteiger partial charge in [0.15, 0.2) is 6.61 Å². The third-order valence-corrected chi connectivity index (χ3v) is 5.69. The lowest BCUT2D eigenvalue weighted by atomic mass is 9.96. The number of rotatable bonds is 7. The second-order valence-electron chi connectivity index (χ2n) is 6.29. The van der Waals surface area contributed by atoms with Crippen LogP contribution < -0.4 is 5.32 Å². The third kappa shape index (κ3) is 4.81. The number of fused-ring (bicyclic) bond motifs is 1. The second-order valence-corrected chi connectivity index (χ2v) is 7.25. The van der Waals surface area contributed by atoms with Crippen molar-refractivity contribution in [3.8, 4) is 0 Å². The van der Waals surface area contributed by atoms with Gasteiger partial charge in [-0.1, -0.05) is 20.3 Å². The number of thiophene rings is 1. The average molecular weight is 367 g/mol. The summed E-state index contributed by atoms with van der Waals surface area (Å²) in [5.41, 5.74) is 1.63. The van der Waals surface area contributed by atoms with Crippen molar-refractivity contribution in [1.29, 1.82) is 0 Å². The lowest BCUT2D eigenvalue weighted by Crippen LogP contribution is -2.47. The van der Waals surface area contributed by atoms with Gasteiger partial charge >= 0.3 is 11.9 Å². The summed E-state index contributed by atoms with van der Waals surface area (Å²) in [7, 11) is 1.28. The normalized spacial score (nSPS) is 15.6. The van der Waals surface area contributed by atoms with Crippen LogP contribution >= 0.6 is 11.3 Å². The highest BCUT2D eigenvalue weighted by Gasteiger charge is 2.27. The molecular formula is C18H25NO5S. The molecule has 138 valence electrons. The van der Waals surface area contributed by atoms with Crippen molar-refractivity contribution in [3.63, 3.8) is 0 Å². The molecule has 0 radical (unpaired) electrons. The summed E-state index contributed by atoms with van der Waals surface area (Å²) in [4.78, 5) is 37.4. The third-order valence-electron chi connectivity index (χ3n) is 4.60. The number of aryl methyl sites for hydroxylation is 1. The molecule has 2 atom stereocenters. The van der Waals surface area contributed by atoms with Crippen LogP contribution in [0.1, 0.15) is 53.9 Å². The van der Waals surface area contributed by atoms with Gasteiger partial charge in [0.25, 0.3) is 5.91 Å². The first-order valence-electron chi connectivity index (χ1n) is 8.61. The quantitative estimate of drug-likeness (QED) is 0.749. The van der Waals surface area contributed by atoms with Crippen LogP contribution in [0.4, 0.5) is 0 Å². The molecule has 0 bridgehead atoms. The van der Waals surface area contributed by atoms with E-state index in [4.69, 9.17) is 9.47 Å². The minimum atomic E-state index is -0.741. The van der Waals surface area contributed by atoms with Crippen LogP contribution in [0, 0.1) is 5.92 Å². The molecule has 0 fully saturated rings. The molecule has 0 saturated carbocycles. The van der Waals surface area contributed by atoms with E-state index in [1.165, 1.54) is 12.0 Å². The van der Waals surface area contributed by atoms with Gasteiger partial charge in [-0.05, 0) is 37.2 Å². The van der Waals surface area contributed by atoms with Crippen LogP contribution in [0.5, 0.6) is 0 Å². The Labute approximate surface area is 151 Å². The first-order chi connectivity index (χ1) is 12.0. The molecule has 0 aliphatic heterocycles. The average Bonchev–Trinajstić information content (AvgIpc) is 3.07. The number of carbonyl (C=O) groups is 3. The standard InChI is InChI=1S/C18H25NO5S/c1-4-11(2)16(18(22)23-3)19-15(20)9-24-17(21)13-10-25-14-8-6-5-7-12(13)14/h10-11,16H,4-9H2,1-3H3,(H,19,20)/t11-,16-/m0/s1. The smallest absolute Gasteiger partial charge is 0.339 e. The Morgan fingerprint density at radius 2 is 2.00 bits per heavy atom. The van der Waals surface area contributed by atoms with Crippen LogP contribution in [-0.4, -0.2) is 37.6 Å². The minimum absolute atomic E-state index is 0.0732. The van der Waals surface area contributed by atoms with Crippen LogP contribution in [-0.2, 0) is 31.9 Å². The van der Waals surface area contributed by atoms with E-state index in [9.17, 15) is 14.4 Å². The van der Waals surface area contributed by atoms with Gasteiger partial charge in [-0.15, -0.1) is 11.3 Å². The van der Waals surface area contributed by atoms with Gasteiger partial charge in [-0.2, -0.15) is 0 Å². The zero-order valence-electron chi connectivity index (χ0n) is 14.9. The van der Waals surface area contributed by atoms with E-state index in [1.807, 2.05) is 19.2 Å². The van der Waals surface area contributed by atoms with Crippen molar-refractivity contribution in [1.82, 2.24) is 5.32 Å². The molecule has 0 unspecified atom stereocenters. The molecular weight excluding hydrogens is 342 g/mol. The summed E-state index contributed by atoms with van der Waals surface area (Å²) in [6.45, 7) is 3.37. The molecule has 0 aromatic carbocycles. The summed E-state index contributed by atoms with van der Waals surface area (Å²) in [6, 6.07) is -0.741. The zero-order valence-corrected chi connectivity index (χ0v) is 15.7. The second kappa shape index (κ2) is 8.99.